The highest BCUT2D eigenvalue weighted by Gasteiger charge is 2.20. The van der Waals surface area contributed by atoms with Crippen LogP contribution in [0.15, 0.2) is 41.5 Å². The van der Waals surface area contributed by atoms with Gasteiger partial charge in [0, 0.05) is 59.1 Å². The summed E-state index contributed by atoms with van der Waals surface area (Å²) < 4.78 is 2.02. The van der Waals surface area contributed by atoms with Gasteiger partial charge < -0.3 is 19.7 Å². The molecule has 2 aromatic rings. The fraction of sp³-hybridized carbons (Fsp3) is 0.429. The number of aromatic nitrogens is 1. The lowest BCUT2D eigenvalue weighted by Crippen LogP contribution is -2.38. The van der Waals surface area contributed by atoms with Crippen molar-refractivity contribution < 1.29 is 4.79 Å². The van der Waals surface area contributed by atoms with Gasteiger partial charge in [0.2, 0.25) is 5.91 Å². The third kappa shape index (κ3) is 6.37. The van der Waals surface area contributed by atoms with Gasteiger partial charge in [-0.05, 0) is 23.6 Å². The highest BCUT2D eigenvalue weighted by atomic mass is 127. The zero-order valence-electron chi connectivity index (χ0n) is 17.2. The van der Waals surface area contributed by atoms with Gasteiger partial charge in [0.25, 0.3) is 0 Å². The van der Waals surface area contributed by atoms with Crippen molar-refractivity contribution in [3.05, 3.63) is 58.4 Å². The van der Waals surface area contributed by atoms with E-state index >= 15 is 0 Å². The van der Waals surface area contributed by atoms with Gasteiger partial charge in [0.1, 0.15) is 0 Å². The van der Waals surface area contributed by atoms with E-state index in [9.17, 15) is 4.79 Å². The lowest BCUT2D eigenvalue weighted by atomic mass is 10.1. The number of carbonyl (C=O) groups excluding carboxylic acids is 1. The molecule has 2 heterocycles. The molecule has 1 aromatic heterocycles. The van der Waals surface area contributed by atoms with E-state index in [0.717, 1.165) is 35.2 Å². The molecule has 0 saturated carbocycles. The monoisotopic (exact) mass is 529 g/mol. The van der Waals surface area contributed by atoms with Crippen LogP contribution in [0.2, 0.25) is 5.02 Å². The molecule has 0 unspecified atom stereocenters. The van der Waals surface area contributed by atoms with Crippen molar-refractivity contribution in [3.63, 3.8) is 0 Å². The zero-order chi connectivity index (χ0) is 20.1. The number of carbonyl (C=O) groups is 1. The van der Waals surface area contributed by atoms with Gasteiger partial charge in [-0.3, -0.25) is 9.79 Å². The van der Waals surface area contributed by atoms with E-state index in [1.54, 1.807) is 7.05 Å². The first kappa shape index (κ1) is 23.5. The van der Waals surface area contributed by atoms with Crippen LogP contribution in [0.1, 0.15) is 29.7 Å². The summed E-state index contributed by atoms with van der Waals surface area (Å²) in [6.07, 6.45) is 3.54. The van der Waals surface area contributed by atoms with Crippen molar-refractivity contribution in [1.29, 1.82) is 0 Å². The predicted octanol–water partition coefficient (Wildman–Crippen LogP) is 3.63. The summed E-state index contributed by atoms with van der Waals surface area (Å²) in [7, 11) is 5.78. The zero-order valence-corrected chi connectivity index (χ0v) is 20.3. The van der Waals surface area contributed by atoms with E-state index in [1.165, 1.54) is 5.56 Å². The number of rotatable bonds is 6. The highest BCUT2D eigenvalue weighted by Crippen LogP contribution is 2.16. The predicted molar refractivity (Wildman–Crippen MR) is 129 cm³/mol. The Bertz CT molecular complexity index is 867. The fourth-order valence-electron chi connectivity index (χ4n) is 3.54. The number of hydrogen-bond donors (Lipinski definition) is 1. The van der Waals surface area contributed by atoms with Crippen molar-refractivity contribution in [2.45, 2.75) is 32.5 Å². The van der Waals surface area contributed by atoms with E-state index in [2.05, 4.69) is 33.4 Å². The summed E-state index contributed by atoms with van der Waals surface area (Å²) >= 11 is 6.08. The maximum atomic E-state index is 11.9. The molecular formula is C21H29ClIN5O. The summed E-state index contributed by atoms with van der Waals surface area (Å²) in [6, 6.07) is 10.3. The van der Waals surface area contributed by atoms with Crippen molar-refractivity contribution in [3.8, 4) is 0 Å². The number of nitrogens with one attached hydrogen (secondary N) is 1. The first-order valence-electron chi connectivity index (χ1n) is 9.54. The van der Waals surface area contributed by atoms with E-state index < -0.39 is 0 Å². The third-order valence-electron chi connectivity index (χ3n) is 5.03. The number of guanidine groups is 1. The molecule has 0 spiro atoms. The maximum Gasteiger partial charge on any atom is 0.222 e. The Balaban J connectivity index is 0.00000300. The number of aliphatic imine (C=N–C) groups is 1. The fourth-order valence-corrected chi connectivity index (χ4v) is 3.81. The molecule has 1 saturated heterocycles. The van der Waals surface area contributed by atoms with E-state index in [0.29, 0.717) is 26.1 Å². The summed E-state index contributed by atoms with van der Waals surface area (Å²) in [6.45, 7) is 2.93. The number of benzene rings is 1. The summed E-state index contributed by atoms with van der Waals surface area (Å²) in [5, 5.41) is 4.15. The Morgan fingerprint density at radius 3 is 2.69 bits per heavy atom. The van der Waals surface area contributed by atoms with Gasteiger partial charge in [-0.1, -0.05) is 35.9 Å². The average molecular weight is 530 g/mol. The van der Waals surface area contributed by atoms with Crippen LogP contribution in [0.3, 0.4) is 0 Å². The topological polar surface area (TPSA) is 52.9 Å². The molecule has 6 nitrogen and oxygen atoms in total. The Labute approximate surface area is 194 Å². The van der Waals surface area contributed by atoms with Gasteiger partial charge in [-0.25, -0.2) is 0 Å². The Kier molecular flexibility index (Phi) is 8.82. The lowest BCUT2D eigenvalue weighted by molar-refractivity contribution is -0.128. The van der Waals surface area contributed by atoms with Crippen LogP contribution < -0.4 is 5.32 Å². The molecule has 158 valence electrons. The number of halogens is 2. The summed E-state index contributed by atoms with van der Waals surface area (Å²) in [5.41, 5.74) is 3.45. The number of nitrogens with zero attached hydrogens (tertiary/aromatic N) is 4. The third-order valence-corrected chi connectivity index (χ3v) is 5.24. The van der Waals surface area contributed by atoms with Gasteiger partial charge >= 0.3 is 0 Å². The van der Waals surface area contributed by atoms with Crippen molar-refractivity contribution >= 4 is 47.4 Å². The van der Waals surface area contributed by atoms with Gasteiger partial charge in [0.05, 0.1) is 11.6 Å². The first-order valence-corrected chi connectivity index (χ1v) is 9.92. The molecule has 1 N–H and O–H groups in total. The normalized spacial score (nSPS) is 14.1. The smallest absolute Gasteiger partial charge is 0.222 e. The van der Waals surface area contributed by atoms with Crippen molar-refractivity contribution in [2.75, 3.05) is 20.6 Å². The molecule has 0 atom stereocenters. The number of aryl methyl sites for hydroxylation is 1. The molecule has 29 heavy (non-hydrogen) atoms. The van der Waals surface area contributed by atoms with Crippen LogP contribution in [0.25, 0.3) is 0 Å². The van der Waals surface area contributed by atoms with Crippen LogP contribution in [0.5, 0.6) is 0 Å². The standard InChI is InChI=1S/C21H28ClN5O.HI/c1-23-21(26(3)15-19-11-18(22)14-25(19)2)24-12-16-6-4-7-17(10-16)13-27-9-5-8-20(27)28;/h4,6-7,10-11,14H,5,8-9,12-13,15H2,1-3H3,(H,23,24);1H. The SMILES string of the molecule is CN=C(NCc1cccc(CN2CCCC2=O)c1)N(C)Cc1cc(Cl)cn1C.I. The van der Waals surface area contributed by atoms with Gasteiger partial charge in [-0.15, -0.1) is 24.0 Å². The van der Waals surface area contributed by atoms with E-state index in [1.807, 2.05) is 41.9 Å². The van der Waals surface area contributed by atoms with E-state index in [4.69, 9.17) is 11.6 Å². The lowest BCUT2D eigenvalue weighted by Gasteiger charge is -2.22. The maximum absolute atomic E-state index is 11.9. The molecule has 3 rings (SSSR count). The molecule has 0 radical (unpaired) electrons. The quantitative estimate of drug-likeness (QED) is 0.353. The molecule has 1 aliphatic rings. The molecule has 0 bridgehead atoms. The molecule has 0 aliphatic carbocycles. The van der Waals surface area contributed by atoms with Crippen LogP contribution in [0.4, 0.5) is 0 Å². The van der Waals surface area contributed by atoms with Crippen LogP contribution in [-0.2, 0) is 31.5 Å². The number of hydrogen-bond acceptors (Lipinski definition) is 2. The first-order chi connectivity index (χ1) is 13.5. The molecule has 1 amide bonds. The van der Waals surface area contributed by atoms with Crippen molar-refractivity contribution in [2.24, 2.45) is 12.0 Å². The van der Waals surface area contributed by atoms with Crippen LogP contribution in [-0.4, -0.2) is 46.9 Å². The largest absolute Gasteiger partial charge is 0.352 e. The molecule has 1 aromatic carbocycles. The minimum absolute atomic E-state index is 0. The molecule has 8 heteroatoms. The number of likely N-dealkylation sites (tertiary alicyclic amines) is 1. The number of amides is 1. The van der Waals surface area contributed by atoms with Crippen LogP contribution in [0, 0.1) is 0 Å². The van der Waals surface area contributed by atoms with Crippen LogP contribution >= 0.6 is 35.6 Å². The molecule has 1 fully saturated rings. The Morgan fingerprint density at radius 2 is 2.07 bits per heavy atom. The summed E-state index contributed by atoms with van der Waals surface area (Å²) in [4.78, 5) is 20.2. The molecular weight excluding hydrogens is 501 g/mol. The molecule has 1 aliphatic heterocycles. The Hall–Kier alpha value is -1.74. The second kappa shape index (κ2) is 10.9. The highest BCUT2D eigenvalue weighted by molar-refractivity contribution is 14.0. The second-order valence-corrected chi connectivity index (χ2v) is 7.69. The Morgan fingerprint density at radius 1 is 1.31 bits per heavy atom. The van der Waals surface area contributed by atoms with Crippen molar-refractivity contribution in [1.82, 2.24) is 19.7 Å². The summed E-state index contributed by atoms with van der Waals surface area (Å²) in [5.74, 6) is 1.07. The van der Waals surface area contributed by atoms with Gasteiger partial charge in [0.15, 0.2) is 5.96 Å². The second-order valence-electron chi connectivity index (χ2n) is 7.26. The minimum Gasteiger partial charge on any atom is -0.352 e. The van der Waals surface area contributed by atoms with Gasteiger partial charge in [-0.2, -0.15) is 0 Å². The van der Waals surface area contributed by atoms with E-state index in [-0.39, 0.29) is 29.9 Å². The minimum atomic E-state index is 0. The average Bonchev–Trinajstić information content (AvgIpc) is 3.20.